The Morgan fingerprint density at radius 3 is 2.31 bits per heavy atom. The molecule has 2 aromatic carbocycles. The highest BCUT2D eigenvalue weighted by atomic mass is 16.4. The number of aliphatic hydroxyl groups is 1. The predicted molar refractivity (Wildman–Crippen MR) is 99.4 cm³/mol. The number of carboxylic acid groups (broad SMARTS) is 1. The summed E-state index contributed by atoms with van der Waals surface area (Å²) in [6, 6.07) is 17.8. The first-order valence-corrected chi connectivity index (χ1v) is 8.10. The van der Waals surface area contributed by atoms with Gasteiger partial charge in [0.1, 0.15) is 11.1 Å². The summed E-state index contributed by atoms with van der Waals surface area (Å²) in [6.45, 7) is 1.96. The van der Waals surface area contributed by atoms with Crippen LogP contribution < -0.4 is 10.9 Å². The molecule has 1 heterocycles. The van der Waals surface area contributed by atoms with E-state index < -0.39 is 17.7 Å². The maximum Gasteiger partial charge on any atom is 0.351 e. The fourth-order valence-corrected chi connectivity index (χ4v) is 2.31. The lowest BCUT2D eigenvalue weighted by atomic mass is 10.0. The fraction of sp³-hybridized carbons (Fsp3) is 0.200. The molecule has 0 saturated carbocycles. The summed E-state index contributed by atoms with van der Waals surface area (Å²) in [4.78, 5) is 21.7. The molecule has 0 aliphatic heterocycles. The van der Waals surface area contributed by atoms with Gasteiger partial charge < -0.3 is 19.9 Å². The SMILES string of the molecule is CNC(C)C(O)c1ccccc1.O=C(O)c1cc2ccccc2oc1=O. The van der Waals surface area contributed by atoms with E-state index in [-0.39, 0.29) is 11.6 Å². The Balaban J connectivity index is 0.000000190. The van der Waals surface area contributed by atoms with Crippen LogP contribution in [0, 0.1) is 0 Å². The molecule has 0 aliphatic rings. The lowest BCUT2D eigenvalue weighted by molar-refractivity contribution is 0.0692. The van der Waals surface area contributed by atoms with Gasteiger partial charge in [-0.3, -0.25) is 0 Å². The van der Waals surface area contributed by atoms with Gasteiger partial charge in [-0.15, -0.1) is 0 Å². The molecule has 136 valence electrons. The smallest absolute Gasteiger partial charge is 0.351 e. The number of likely N-dealkylation sites (N-methyl/N-ethyl adjacent to an activating group) is 1. The van der Waals surface area contributed by atoms with Crippen LogP contribution in [0.2, 0.25) is 0 Å². The molecule has 0 fully saturated rings. The van der Waals surface area contributed by atoms with Crippen molar-refractivity contribution >= 4 is 16.9 Å². The van der Waals surface area contributed by atoms with Gasteiger partial charge in [-0.05, 0) is 31.7 Å². The molecule has 2 unspecified atom stereocenters. The van der Waals surface area contributed by atoms with Crippen molar-refractivity contribution in [3.05, 3.63) is 82.2 Å². The monoisotopic (exact) mass is 355 g/mol. The van der Waals surface area contributed by atoms with Gasteiger partial charge in [0.05, 0.1) is 6.10 Å². The molecular formula is C20H21NO5. The molecule has 2 atom stereocenters. The molecule has 1 aromatic heterocycles. The van der Waals surface area contributed by atoms with Crippen LogP contribution >= 0.6 is 0 Å². The summed E-state index contributed by atoms with van der Waals surface area (Å²) in [5.41, 5.74) is 0.182. The zero-order valence-electron chi connectivity index (χ0n) is 14.5. The quantitative estimate of drug-likeness (QED) is 0.622. The second kappa shape index (κ2) is 8.94. The Morgan fingerprint density at radius 1 is 1.08 bits per heavy atom. The van der Waals surface area contributed by atoms with E-state index in [4.69, 9.17) is 9.52 Å². The molecule has 6 heteroatoms. The van der Waals surface area contributed by atoms with E-state index in [1.54, 1.807) is 24.3 Å². The minimum atomic E-state index is -1.27. The van der Waals surface area contributed by atoms with Crippen molar-refractivity contribution in [3.8, 4) is 0 Å². The van der Waals surface area contributed by atoms with Crippen LogP contribution in [-0.2, 0) is 0 Å². The average Bonchev–Trinajstić information content (AvgIpc) is 2.67. The first-order chi connectivity index (χ1) is 12.4. The molecule has 26 heavy (non-hydrogen) atoms. The molecule has 3 aromatic rings. The Kier molecular flexibility index (Phi) is 6.66. The Labute approximate surface area is 150 Å². The van der Waals surface area contributed by atoms with Crippen LogP contribution in [0.5, 0.6) is 0 Å². The van der Waals surface area contributed by atoms with Gasteiger partial charge in [-0.2, -0.15) is 0 Å². The first-order valence-electron chi connectivity index (χ1n) is 8.10. The second-order valence-electron chi connectivity index (χ2n) is 5.72. The maximum atomic E-state index is 11.1. The number of para-hydroxylation sites is 1. The van der Waals surface area contributed by atoms with E-state index >= 15 is 0 Å². The number of benzene rings is 2. The predicted octanol–water partition coefficient (Wildman–Crippen LogP) is 2.82. The number of nitrogens with one attached hydrogen (secondary N) is 1. The highest BCUT2D eigenvalue weighted by molar-refractivity contribution is 5.91. The summed E-state index contributed by atoms with van der Waals surface area (Å²) in [7, 11) is 1.84. The van der Waals surface area contributed by atoms with Gasteiger partial charge in [0, 0.05) is 11.4 Å². The van der Waals surface area contributed by atoms with E-state index in [0.717, 1.165) is 5.56 Å². The second-order valence-corrected chi connectivity index (χ2v) is 5.72. The molecule has 0 radical (unpaired) electrons. The topological polar surface area (TPSA) is 99.8 Å². The Hall–Kier alpha value is -2.96. The lowest BCUT2D eigenvalue weighted by Gasteiger charge is -2.17. The van der Waals surface area contributed by atoms with Gasteiger partial charge in [0.25, 0.3) is 0 Å². The van der Waals surface area contributed by atoms with Crippen molar-refractivity contribution < 1.29 is 19.4 Å². The minimum absolute atomic E-state index is 0.0902. The summed E-state index contributed by atoms with van der Waals surface area (Å²) >= 11 is 0. The normalized spacial score (nSPS) is 12.7. The number of fused-ring (bicyclic) bond motifs is 1. The van der Waals surface area contributed by atoms with E-state index in [9.17, 15) is 14.7 Å². The number of aliphatic hydroxyl groups excluding tert-OH is 1. The van der Waals surface area contributed by atoms with Crippen molar-refractivity contribution in [1.82, 2.24) is 5.32 Å². The summed E-state index contributed by atoms with van der Waals surface area (Å²) in [5, 5.41) is 22.0. The third kappa shape index (κ3) is 4.78. The standard InChI is InChI=1S/C10H15NO.C10H6O4/c1-8(11-2)10(12)9-6-4-3-5-7-9;11-9(12)7-5-6-3-1-2-4-8(6)14-10(7)13/h3-8,10-12H,1-2H3;1-5H,(H,11,12). The van der Waals surface area contributed by atoms with Crippen molar-refractivity contribution in [3.63, 3.8) is 0 Å². The summed E-state index contributed by atoms with van der Waals surface area (Å²) in [6.07, 6.45) is -0.420. The van der Waals surface area contributed by atoms with Gasteiger partial charge in [-0.25, -0.2) is 9.59 Å². The van der Waals surface area contributed by atoms with Crippen LogP contribution in [0.4, 0.5) is 0 Å². The molecule has 6 nitrogen and oxygen atoms in total. The molecule has 0 saturated heterocycles. The third-order valence-corrected chi connectivity index (χ3v) is 3.94. The van der Waals surface area contributed by atoms with E-state index in [0.29, 0.717) is 11.0 Å². The largest absolute Gasteiger partial charge is 0.477 e. The minimum Gasteiger partial charge on any atom is -0.477 e. The molecule has 0 bridgehead atoms. The summed E-state index contributed by atoms with van der Waals surface area (Å²) < 4.78 is 4.82. The van der Waals surface area contributed by atoms with Crippen molar-refractivity contribution in [1.29, 1.82) is 0 Å². The van der Waals surface area contributed by atoms with Crippen LogP contribution in [0.25, 0.3) is 11.0 Å². The summed E-state index contributed by atoms with van der Waals surface area (Å²) in [5.74, 6) is -1.27. The molecule has 0 spiro atoms. The average molecular weight is 355 g/mol. The maximum absolute atomic E-state index is 11.1. The first kappa shape index (κ1) is 19.4. The van der Waals surface area contributed by atoms with Crippen molar-refractivity contribution in [2.24, 2.45) is 0 Å². The third-order valence-electron chi connectivity index (χ3n) is 3.94. The van der Waals surface area contributed by atoms with Crippen molar-refractivity contribution in [2.75, 3.05) is 7.05 Å². The van der Waals surface area contributed by atoms with Crippen LogP contribution in [0.3, 0.4) is 0 Å². The fourth-order valence-electron chi connectivity index (χ4n) is 2.31. The van der Waals surface area contributed by atoms with E-state index in [1.807, 2.05) is 44.3 Å². The Bertz CT molecular complexity index is 920. The number of carbonyl (C=O) groups is 1. The molecular weight excluding hydrogens is 334 g/mol. The van der Waals surface area contributed by atoms with E-state index in [2.05, 4.69) is 5.32 Å². The number of hydrogen-bond acceptors (Lipinski definition) is 5. The van der Waals surface area contributed by atoms with Crippen LogP contribution in [-0.4, -0.2) is 29.3 Å². The van der Waals surface area contributed by atoms with Gasteiger partial charge in [0.2, 0.25) is 0 Å². The lowest BCUT2D eigenvalue weighted by Crippen LogP contribution is -2.28. The highest BCUT2D eigenvalue weighted by Crippen LogP contribution is 2.15. The zero-order chi connectivity index (χ0) is 19.1. The van der Waals surface area contributed by atoms with E-state index in [1.165, 1.54) is 6.07 Å². The molecule has 0 aliphatic carbocycles. The number of aromatic carboxylic acids is 1. The molecule has 3 rings (SSSR count). The van der Waals surface area contributed by atoms with Gasteiger partial charge in [-0.1, -0.05) is 48.5 Å². The number of rotatable bonds is 4. The van der Waals surface area contributed by atoms with Crippen molar-refractivity contribution in [2.45, 2.75) is 19.1 Å². The number of carboxylic acids is 1. The number of hydrogen-bond donors (Lipinski definition) is 3. The molecule has 3 N–H and O–H groups in total. The highest BCUT2D eigenvalue weighted by Gasteiger charge is 2.13. The molecule has 0 amide bonds. The van der Waals surface area contributed by atoms with Crippen LogP contribution in [0.15, 0.2) is 69.9 Å². The Morgan fingerprint density at radius 2 is 1.69 bits per heavy atom. The van der Waals surface area contributed by atoms with Gasteiger partial charge >= 0.3 is 11.6 Å². The van der Waals surface area contributed by atoms with Crippen LogP contribution in [0.1, 0.15) is 28.9 Å². The zero-order valence-corrected chi connectivity index (χ0v) is 14.5. The van der Waals surface area contributed by atoms with Gasteiger partial charge in [0.15, 0.2) is 0 Å².